The standard InChI is InChI=1S/C14H20FNO/c1-10(2)11-4-3-5-14(17,7-11)12-6-13(15)9-16-8-12/h6,8-11,17H,3-5,7H2,1-2H3. The molecule has 1 aromatic heterocycles. The van der Waals surface area contributed by atoms with Crippen molar-refractivity contribution in [3.05, 3.63) is 29.8 Å². The van der Waals surface area contributed by atoms with Crippen molar-refractivity contribution in [1.82, 2.24) is 4.98 Å². The second-order valence-electron chi connectivity index (χ2n) is 5.52. The van der Waals surface area contributed by atoms with Crippen molar-refractivity contribution in [2.24, 2.45) is 11.8 Å². The summed E-state index contributed by atoms with van der Waals surface area (Å²) in [5.74, 6) is 0.697. The molecule has 0 amide bonds. The van der Waals surface area contributed by atoms with E-state index >= 15 is 0 Å². The molecule has 2 rings (SSSR count). The zero-order valence-corrected chi connectivity index (χ0v) is 10.5. The van der Waals surface area contributed by atoms with Gasteiger partial charge in [-0.2, -0.15) is 0 Å². The molecular formula is C14H20FNO. The van der Waals surface area contributed by atoms with Gasteiger partial charge in [0, 0.05) is 11.8 Å². The molecular weight excluding hydrogens is 217 g/mol. The molecule has 1 fully saturated rings. The first-order valence-corrected chi connectivity index (χ1v) is 6.35. The Kier molecular flexibility index (Phi) is 3.48. The Morgan fingerprint density at radius 2 is 2.24 bits per heavy atom. The highest BCUT2D eigenvalue weighted by molar-refractivity contribution is 5.20. The predicted molar refractivity (Wildman–Crippen MR) is 64.9 cm³/mol. The van der Waals surface area contributed by atoms with Crippen LogP contribution in [-0.4, -0.2) is 10.1 Å². The Morgan fingerprint density at radius 1 is 1.47 bits per heavy atom. The third-order valence-corrected chi connectivity index (χ3v) is 3.95. The van der Waals surface area contributed by atoms with Crippen LogP contribution < -0.4 is 0 Å². The highest BCUT2D eigenvalue weighted by Gasteiger charge is 2.37. The molecule has 1 aliphatic carbocycles. The fourth-order valence-electron chi connectivity index (χ4n) is 2.79. The Labute approximate surface area is 102 Å². The minimum atomic E-state index is -0.887. The highest BCUT2D eigenvalue weighted by atomic mass is 19.1. The van der Waals surface area contributed by atoms with Crippen LogP contribution in [0.3, 0.4) is 0 Å². The second kappa shape index (κ2) is 4.73. The van der Waals surface area contributed by atoms with Gasteiger partial charge in [0.15, 0.2) is 0 Å². The molecule has 94 valence electrons. The van der Waals surface area contributed by atoms with Gasteiger partial charge in [0.25, 0.3) is 0 Å². The molecule has 1 N–H and O–H groups in total. The van der Waals surface area contributed by atoms with Crippen LogP contribution in [0.2, 0.25) is 0 Å². The zero-order valence-electron chi connectivity index (χ0n) is 10.5. The van der Waals surface area contributed by atoms with Crippen LogP contribution in [0.1, 0.15) is 45.1 Å². The van der Waals surface area contributed by atoms with Crippen LogP contribution in [0, 0.1) is 17.7 Å². The predicted octanol–water partition coefficient (Wildman–Crippen LogP) is 3.25. The fraction of sp³-hybridized carbons (Fsp3) is 0.643. The summed E-state index contributed by atoms with van der Waals surface area (Å²) in [7, 11) is 0. The molecule has 3 heteroatoms. The van der Waals surface area contributed by atoms with Gasteiger partial charge in [0.2, 0.25) is 0 Å². The summed E-state index contributed by atoms with van der Waals surface area (Å²) in [5, 5.41) is 10.7. The lowest BCUT2D eigenvalue weighted by atomic mass is 9.71. The van der Waals surface area contributed by atoms with Gasteiger partial charge in [-0.05, 0) is 43.6 Å². The molecule has 17 heavy (non-hydrogen) atoms. The van der Waals surface area contributed by atoms with E-state index in [1.807, 2.05) is 0 Å². The van der Waals surface area contributed by atoms with Crippen molar-refractivity contribution in [1.29, 1.82) is 0 Å². The molecule has 1 aromatic rings. The van der Waals surface area contributed by atoms with Crippen LogP contribution in [0.25, 0.3) is 0 Å². The van der Waals surface area contributed by atoms with Gasteiger partial charge in [0.05, 0.1) is 11.8 Å². The largest absolute Gasteiger partial charge is 0.385 e. The summed E-state index contributed by atoms with van der Waals surface area (Å²) in [6.45, 7) is 4.36. The molecule has 2 unspecified atom stereocenters. The first-order chi connectivity index (χ1) is 8.01. The van der Waals surface area contributed by atoms with Crippen molar-refractivity contribution < 1.29 is 9.50 Å². The summed E-state index contributed by atoms with van der Waals surface area (Å²) in [4.78, 5) is 3.84. The highest BCUT2D eigenvalue weighted by Crippen LogP contribution is 2.42. The van der Waals surface area contributed by atoms with E-state index in [1.165, 1.54) is 12.3 Å². The lowest BCUT2D eigenvalue weighted by Crippen LogP contribution is -2.34. The molecule has 0 aromatic carbocycles. The monoisotopic (exact) mass is 237 g/mol. The maximum absolute atomic E-state index is 13.2. The van der Waals surface area contributed by atoms with Crippen molar-refractivity contribution in [3.63, 3.8) is 0 Å². The van der Waals surface area contributed by atoms with Gasteiger partial charge in [-0.25, -0.2) is 4.39 Å². The number of nitrogens with zero attached hydrogens (tertiary/aromatic N) is 1. The van der Waals surface area contributed by atoms with Gasteiger partial charge < -0.3 is 5.11 Å². The summed E-state index contributed by atoms with van der Waals surface area (Å²) in [6, 6.07) is 1.41. The Balaban J connectivity index is 2.23. The maximum atomic E-state index is 13.2. The second-order valence-corrected chi connectivity index (χ2v) is 5.52. The van der Waals surface area contributed by atoms with Crippen LogP contribution >= 0.6 is 0 Å². The lowest BCUT2D eigenvalue weighted by Gasteiger charge is -2.38. The first kappa shape index (κ1) is 12.5. The zero-order chi connectivity index (χ0) is 12.5. The first-order valence-electron chi connectivity index (χ1n) is 6.35. The van der Waals surface area contributed by atoms with Crippen LogP contribution in [0.4, 0.5) is 4.39 Å². The average Bonchev–Trinajstić information content (AvgIpc) is 2.29. The topological polar surface area (TPSA) is 33.1 Å². The quantitative estimate of drug-likeness (QED) is 0.856. The van der Waals surface area contributed by atoms with E-state index in [2.05, 4.69) is 18.8 Å². The Hall–Kier alpha value is -0.960. The number of hydrogen-bond acceptors (Lipinski definition) is 2. The fourth-order valence-corrected chi connectivity index (χ4v) is 2.79. The SMILES string of the molecule is CC(C)C1CCCC(O)(c2cncc(F)c2)C1. The van der Waals surface area contributed by atoms with E-state index in [1.54, 1.807) is 6.20 Å². The molecule has 0 aliphatic heterocycles. The van der Waals surface area contributed by atoms with Gasteiger partial charge in [-0.3, -0.25) is 4.98 Å². The van der Waals surface area contributed by atoms with Crippen molar-refractivity contribution in [2.75, 3.05) is 0 Å². The molecule has 2 nitrogen and oxygen atoms in total. The smallest absolute Gasteiger partial charge is 0.141 e. The number of aromatic nitrogens is 1. The van der Waals surface area contributed by atoms with Gasteiger partial charge in [0.1, 0.15) is 5.82 Å². The Morgan fingerprint density at radius 3 is 2.88 bits per heavy atom. The number of hydrogen-bond donors (Lipinski definition) is 1. The summed E-state index contributed by atoms with van der Waals surface area (Å²) >= 11 is 0. The third kappa shape index (κ3) is 2.65. The Bertz CT molecular complexity index is 394. The van der Waals surface area contributed by atoms with E-state index in [0.717, 1.165) is 19.3 Å². The van der Waals surface area contributed by atoms with E-state index < -0.39 is 5.60 Å². The molecule has 1 aliphatic rings. The van der Waals surface area contributed by atoms with Gasteiger partial charge in [-0.1, -0.05) is 13.8 Å². The summed E-state index contributed by atoms with van der Waals surface area (Å²) in [5.41, 5.74) is -0.259. The average molecular weight is 237 g/mol. The minimum Gasteiger partial charge on any atom is -0.385 e. The van der Waals surface area contributed by atoms with Crippen molar-refractivity contribution in [3.8, 4) is 0 Å². The molecule has 0 spiro atoms. The normalized spacial score (nSPS) is 29.6. The van der Waals surface area contributed by atoms with Crippen LogP contribution in [0.5, 0.6) is 0 Å². The van der Waals surface area contributed by atoms with Gasteiger partial charge >= 0.3 is 0 Å². The summed E-state index contributed by atoms with van der Waals surface area (Å²) in [6.07, 6.45) is 6.34. The number of aliphatic hydroxyl groups is 1. The lowest BCUT2D eigenvalue weighted by molar-refractivity contribution is -0.0300. The summed E-state index contributed by atoms with van der Waals surface area (Å²) < 4.78 is 13.2. The van der Waals surface area contributed by atoms with E-state index in [0.29, 0.717) is 23.8 Å². The van der Waals surface area contributed by atoms with Gasteiger partial charge in [-0.15, -0.1) is 0 Å². The van der Waals surface area contributed by atoms with E-state index in [-0.39, 0.29) is 5.82 Å². The van der Waals surface area contributed by atoms with Crippen LogP contribution in [0.15, 0.2) is 18.5 Å². The van der Waals surface area contributed by atoms with Crippen molar-refractivity contribution >= 4 is 0 Å². The number of rotatable bonds is 2. The van der Waals surface area contributed by atoms with E-state index in [9.17, 15) is 9.50 Å². The van der Waals surface area contributed by atoms with E-state index in [4.69, 9.17) is 0 Å². The number of pyridine rings is 1. The van der Waals surface area contributed by atoms with Crippen molar-refractivity contribution in [2.45, 2.75) is 45.1 Å². The molecule has 1 heterocycles. The molecule has 1 saturated carbocycles. The molecule has 0 radical (unpaired) electrons. The van der Waals surface area contributed by atoms with Crippen LogP contribution in [-0.2, 0) is 5.60 Å². The molecule has 0 bridgehead atoms. The molecule has 2 atom stereocenters. The maximum Gasteiger partial charge on any atom is 0.141 e. The minimum absolute atomic E-state index is 0.373. The molecule has 0 saturated heterocycles. The third-order valence-electron chi connectivity index (χ3n) is 3.95. The number of halogens is 1.